The van der Waals surface area contributed by atoms with Crippen LogP contribution in [0.25, 0.3) is 0 Å². The summed E-state index contributed by atoms with van der Waals surface area (Å²) in [5.41, 5.74) is 0. The van der Waals surface area contributed by atoms with Crippen molar-refractivity contribution in [1.29, 1.82) is 0 Å². The molecule has 0 saturated carbocycles. The molecule has 0 aliphatic carbocycles. The topological polar surface area (TPSA) is 68.2 Å². The number of ether oxygens (including phenoxy) is 3. The highest BCUT2D eigenvalue weighted by atomic mass is 16.5. The maximum Gasteiger partial charge on any atom is 0.0700 e. The predicted octanol–water partition coefficient (Wildman–Crippen LogP) is -0.343. The van der Waals surface area contributed by atoms with E-state index in [1.54, 1.807) is 7.11 Å². The number of rotatable bonds is 8. The third kappa shape index (κ3) is 22.6. The minimum atomic E-state index is 0.0278. The van der Waals surface area contributed by atoms with E-state index in [0.29, 0.717) is 26.4 Å². The third-order valence-corrected chi connectivity index (χ3v) is 1.11. The first-order valence-corrected chi connectivity index (χ1v) is 4.69. The molecule has 0 saturated heterocycles. The fourth-order valence-electron chi connectivity index (χ4n) is 0.518. The summed E-state index contributed by atoms with van der Waals surface area (Å²) < 4.78 is 14.3. The van der Waals surface area contributed by atoms with Crippen LogP contribution in [-0.4, -0.2) is 63.6 Å². The molecule has 0 aromatic carbocycles. The third-order valence-electron chi connectivity index (χ3n) is 1.11. The van der Waals surface area contributed by atoms with Crippen LogP contribution in [0.5, 0.6) is 0 Å². The first kappa shape index (κ1) is 16.2. The lowest BCUT2D eigenvalue weighted by molar-refractivity contribution is 0.0650. The van der Waals surface area contributed by atoms with Crippen LogP contribution >= 0.6 is 0 Å². The van der Waals surface area contributed by atoms with Crippen LogP contribution in [0.4, 0.5) is 0 Å². The van der Waals surface area contributed by atoms with E-state index in [4.69, 9.17) is 19.7 Å². The van der Waals surface area contributed by atoms with Gasteiger partial charge in [0, 0.05) is 13.7 Å². The number of methoxy groups -OCH3 is 1. The number of hydrogen-bond donors (Lipinski definition) is 2. The Balaban J connectivity index is 0. The molecule has 0 aliphatic rings. The molecule has 0 amide bonds. The molecule has 0 unspecified atom stereocenters. The summed E-state index contributed by atoms with van der Waals surface area (Å²) in [7, 11) is 1.67. The zero-order valence-electron chi connectivity index (χ0n) is 9.07. The van der Waals surface area contributed by atoms with Gasteiger partial charge in [-0.3, -0.25) is 0 Å². The molecule has 0 radical (unpaired) electrons. The molecule has 0 bridgehead atoms. The molecule has 0 aromatic rings. The highest BCUT2D eigenvalue weighted by Crippen LogP contribution is 1.71. The molecule has 0 aliphatic heterocycles. The molecule has 5 heteroatoms. The van der Waals surface area contributed by atoms with Gasteiger partial charge in [-0.1, -0.05) is 0 Å². The summed E-state index contributed by atoms with van der Waals surface area (Å²) in [6, 6.07) is 0. The highest BCUT2D eigenvalue weighted by Gasteiger charge is 1.79. The molecule has 5 nitrogen and oxygen atoms in total. The largest absolute Gasteiger partial charge is 0.394 e. The SMILES string of the molecule is CCOCCOC.OCCOCCO. The first-order chi connectivity index (χ1) is 6.83. The van der Waals surface area contributed by atoms with Gasteiger partial charge in [-0.2, -0.15) is 0 Å². The Labute approximate surface area is 85.6 Å². The first-order valence-electron chi connectivity index (χ1n) is 4.69. The minimum Gasteiger partial charge on any atom is -0.394 e. The smallest absolute Gasteiger partial charge is 0.0700 e. The summed E-state index contributed by atoms with van der Waals surface area (Å²) in [5.74, 6) is 0. The van der Waals surface area contributed by atoms with E-state index in [2.05, 4.69) is 4.74 Å². The molecule has 0 spiro atoms. The van der Waals surface area contributed by atoms with E-state index < -0.39 is 0 Å². The molecular formula is C9H22O5. The zero-order chi connectivity index (χ0) is 11.1. The van der Waals surface area contributed by atoms with Crippen molar-refractivity contribution in [2.75, 3.05) is 53.4 Å². The monoisotopic (exact) mass is 210 g/mol. The maximum atomic E-state index is 8.09. The lowest BCUT2D eigenvalue weighted by Gasteiger charge is -1.96. The number of hydrogen-bond acceptors (Lipinski definition) is 5. The van der Waals surface area contributed by atoms with Crippen LogP contribution in [0.2, 0.25) is 0 Å². The van der Waals surface area contributed by atoms with Crippen LogP contribution in [0.3, 0.4) is 0 Å². The maximum absolute atomic E-state index is 8.09. The van der Waals surface area contributed by atoms with Crippen LogP contribution in [0.1, 0.15) is 6.92 Å². The summed E-state index contributed by atoms with van der Waals surface area (Å²) in [5, 5.41) is 16.2. The van der Waals surface area contributed by atoms with Crippen molar-refractivity contribution in [3.63, 3.8) is 0 Å². The van der Waals surface area contributed by atoms with Crippen LogP contribution in [0.15, 0.2) is 0 Å². The number of aliphatic hydroxyl groups excluding tert-OH is 2. The molecule has 0 heterocycles. The Kier molecular flexibility index (Phi) is 21.5. The summed E-state index contributed by atoms with van der Waals surface area (Å²) in [6.07, 6.45) is 0. The Morgan fingerprint density at radius 1 is 0.857 bits per heavy atom. The van der Waals surface area contributed by atoms with E-state index in [-0.39, 0.29) is 13.2 Å². The number of aliphatic hydroxyl groups is 2. The van der Waals surface area contributed by atoms with Gasteiger partial charge in [-0.15, -0.1) is 0 Å². The Morgan fingerprint density at radius 3 is 1.79 bits per heavy atom. The van der Waals surface area contributed by atoms with Gasteiger partial charge >= 0.3 is 0 Å². The fraction of sp³-hybridized carbons (Fsp3) is 1.00. The molecule has 0 atom stereocenters. The van der Waals surface area contributed by atoms with Crippen molar-refractivity contribution in [2.45, 2.75) is 6.92 Å². The average molecular weight is 210 g/mol. The molecule has 14 heavy (non-hydrogen) atoms. The van der Waals surface area contributed by atoms with Crippen LogP contribution in [0, 0.1) is 0 Å². The van der Waals surface area contributed by atoms with E-state index in [0.717, 1.165) is 6.61 Å². The summed E-state index contributed by atoms with van der Waals surface area (Å²) in [6.45, 7) is 4.86. The fourth-order valence-corrected chi connectivity index (χ4v) is 0.518. The standard InChI is InChI=1S/C5H12O2.C4H10O3/c1-3-7-5-4-6-2;5-1-3-7-4-2-6/h3-5H2,1-2H3;5-6H,1-4H2. The van der Waals surface area contributed by atoms with Gasteiger partial charge in [0.2, 0.25) is 0 Å². The lowest BCUT2D eigenvalue weighted by Crippen LogP contribution is -2.03. The van der Waals surface area contributed by atoms with Crippen molar-refractivity contribution in [3.8, 4) is 0 Å². The van der Waals surface area contributed by atoms with E-state index in [9.17, 15) is 0 Å². The van der Waals surface area contributed by atoms with Crippen molar-refractivity contribution in [1.82, 2.24) is 0 Å². The van der Waals surface area contributed by atoms with Crippen molar-refractivity contribution < 1.29 is 24.4 Å². The van der Waals surface area contributed by atoms with Gasteiger partial charge in [0.05, 0.1) is 39.6 Å². The highest BCUT2D eigenvalue weighted by molar-refractivity contribution is 4.24. The van der Waals surface area contributed by atoms with E-state index in [1.807, 2.05) is 6.92 Å². The summed E-state index contributed by atoms with van der Waals surface area (Å²) >= 11 is 0. The molecule has 88 valence electrons. The van der Waals surface area contributed by atoms with E-state index >= 15 is 0 Å². The molecule has 0 rings (SSSR count). The second-order valence-electron chi connectivity index (χ2n) is 2.25. The van der Waals surface area contributed by atoms with E-state index in [1.165, 1.54) is 0 Å². The quantitative estimate of drug-likeness (QED) is 0.536. The predicted molar refractivity (Wildman–Crippen MR) is 53.4 cm³/mol. The normalized spacial score (nSPS) is 9.43. The minimum absolute atomic E-state index is 0.0278. The second-order valence-corrected chi connectivity index (χ2v) is 2.25. The zero-order valence-corrected chi connectivity index (χ0v) is 9.07. The van der Waals surface area contributed by atoms with Gasteiger partial charge in [0.15, 0.2) is 0 Å². The van der Waals surface area contributed by atoms with Crippen molar-refractivity contribution >= 4 is 0 Å². The van der Waals surface area contributed by atoms with Gasteiger partial charge in [-0.25, -0.2) is 0 Å². The molecule has 0 fully saturated rings. The Bertz CT molecular complexity index is 61.6. The van der Waals surface area contributed by atoms with Gasteiger partial charge < -0.3 is 24.4 Å². The van der Waals surface area contributed by atoms with Gasteiger partial charge in [0.25, 0.3) is 0 Å². The van der Waals surface area contributed by atoms with Crippen molar-refractivity contribution in [3.05, 3.63) is 0 Å². The van der Waals surface area contributed by atoms with Crippen LogP contribution in [-0.2, 0) is 14.2 Å². The van der Waals surface area contributed by atoms with Crippen molar-refractivity contribution in [2.24, 2.45) is 0 Å². The summed E-state index contributed by atoms with van der Waals surface area (Å²) in [4.78, 5) is 0. The van der Waals surface area contributed by atoms with Gasteiger partial charge in [0.1, 0.15) is 0 Å². The lowest BCUT2D eigenvalue weighted by atomic mass is 10.7. The van der Waals surface area contributed by atoms with Crippen LogP contribution < -0.4 is 0 Å². The molecular weight excluding hydrogens is 188 g/mol. The van der Waals surface area contributed by atoms with Gasteiger partial charge in [-0.05, 0) is 6.92 Å². The second kappa shape index (κ2) is 18.6. The molecule has 2 N–H and O–H groups in total. The Morgan fingerprint density at radius 2 is 1.43 bits per heavy atom. The average Bonchev–Trinajstić information content (AvgIpc) is 2.21. The molecule has 0 aromatic heterocycles. The Hall–Kier alpha value is -0.200.